The Morgan fingerprint density at radius 2 is 1.72 bits per heavy atom. The third kappa shape index (κ3) is 4.19. The normalized spacial score (nSPS) is 10.4. The van der Waals surface area contributed by atoms with Gasteiger partial charge in [-0.25, -0.2) is 0 Å². The molecule has 0 atom stereocenters. The minimum atomic E-state index is -0.233. The number of thioether (sulfide) groups is 1. The Morgan fingerprint density at radius 3 is 2.48 bits per heavy atom. The maximum atomic E-state index is 12.6. The molecule has 0 saturated heterocycles. The second-order valence-corrected chi connectivity index (χ2v) is 6.37. The Morgan fingerprint density at radius 1 is 1.00 bits per heavy atom. The van der Waals surface area contributed by atoms with Gasteiger partial charge in [-0.1, -0.05) is 42.5 Å². The second-order valence-electron chi connectivity index (χ2n) is 5.52. The summed E-state index contributed by atoms with van der Waals surface area (Å²) in [6, 6.07) is 20.3. The van der Waals surface area contributed by atoms with Crippen molar-refractivity contribution in [2.45, 2.75) is 11.4 Å². The van der Waals surface area contributed by atoms with Gasteiger partial charge < -0.3 is 9.88 Å². The number of para-hydroxylation sites is 1. The number of nitrogens with one attached hydrogen (secondary N) is 1. The van der Waals surface area contributed by atoms with E-state index in [2.05, 4.69) is 5.32 Å². The zero-order valence-corrected chi connectivity index (χ0v) is 14.6. The average Bonchev–Trinajstić information content (AvgIpc) is 2.65. The molecule has 25 heavy (non-hydrogen) atoms. The van der Waals surface area contributed by atoms with Crippen LogP contribution in [-0.2, 0) is 6.54 Å². The highest BCUT2D eigenvalue weighted by Crippen LogP contribution is 2.24. The fourth-order valence-electron chi connectivity index (χ4n) is 2.51. The number of carbonyl (C=O) groups excluding carboxylic acids is 1. The van der Waals surface area contributed by atoms with Gasteiger partial charge in [0.1, 0.15) is 0 Å². The quantitative estimate of drug-likeness (QED) is 0.711. The molecule has 4 nitrogen and oxygen atoms in total. The van der Waals surface area contributed by atoms with Crippen molar-refractivity contribution in [1.29, 1.82) is 0 Å². The lowest BCUT2D eigenvalue weighted by Crippen LogP contribution is -2.22. The van der Waals surface area contributed by atoms with Gasteiger partial charge in [-0.2, -0.15) is 0 Å². The predicted molar refractivity (Wildman–Crippen MR) is 102 cm³/mol. The molecule has 0 radical (unpaired) electrons. The van der Waals surface area contributed by atoms with Gasteiger partial charge in [0.25, 0.3) is 11.5 Å². The van der Waals surface area contributed by atoms with Crippen LogP contribution in [-0.4, -0.2) is 16.7 Å². The molecule has 2 aromatic carbocycles. The molecule has 1 N–H and O–H groups in total. The molecule has 3 aromatic rings. The summed E-state index contributed by atoms with van der Waals surface area (Å²) in [6.45, 7) is 0.433. The van der Waals surface area contributed by atoms with Crippen LogP contribution in [0.15, 0.2) is 82.6 Å². The largest absolute Gasteiger partial charge is 0.321 e. The van der Waals surface area contributed by atoms with Crippen LogP contribution in [0.4, 0.5) is 5.69 Å². The van der Waals surface area contributed by atoms with Crippen molar-refractivity contribution in [3.8, 4) is 0 Å². The maximum Gasteiger partial charge on any atom is 0.257 e. The van der Waals surface area contributed by atoms with Gasteiger partial charge in [-0.15, -0.1) is 11.8 Å². The van der Waals surface area contributed by atoms with E-state index in [1.54, 1.807) is 28.6 Å². The predicted octanol–water partition coefficient (Wildman–Crippen LogP) is 3.87. The van der Waals surface area contributed by atoms with E-state index in [0.717, 1.165) is 16.1 Å². The molecular formula is C20H18N2O2S. The van der Waals surface area contributed by atoms with Crippen molar-refractivity contribution in [3.05, 3.63) is 94.4 Å². The first-order chi connectivity index (χ1) is 12.2. The maximum absolute atomic E-state index is 12.6. The first-order valence-electron chi connectivity index (χ1n) is 7.86. The Kier molecular flexibility index (Phi) is 5.36. The van der Waals surface area contributed by atoms with Crippen LogP contribution in [0.1, 0.15) is 15.9 Å². The average molecular weight is 350 g/mol. The summed E-state index contributed by atoms with van der Waals surface area (Å²) >= 11 is 1.57. The van der Waals surface area contributed by atoms with Crippen LogP contribution in [0.5, 0.6) is 0 Å². The lowest BCUT2D eigenvalue weighted by atomic mass is 10.2. The second kappa shape index (κ2) is 7.85. The topological polar surface area (TPSA) is 51.1 Å². The molecule has 1 amide bonds. The van der Waals surface area contributed by atoms with Gasteiger partial charge in [0.05, 0.1) is 17.8 Å². The third-order valence-electron chi connectivity index (χ3n) is 3.80. The Bertz CT molecular complexity index is 936. The summed E-state index contributed by atoms with van der Waals surface area (Å²) in [4.78, 5) is 25.6. The summed E-state index contributed by atoms with van der Waals surface area (Å²) in [6.07, 6.45) is 3.57. The number of pyridine rings is 1. The van der Waals surface area contributed by atoms with Crippen molar-refractivity contribution in [1.82, 2.24) is 4.57 Å². The summed E-state index contributed by atoms with van der Waals surface area (Å²) < 4.78 is 1.55. The van der Waals surface area contributed by atoms with Gasteiger partial charge in [0.2, 0.25) is 0 Å². The number of hydrogen-bond acceptors (Lipinski definition) is 3. The SMILES string of the molecule is CSc1ccccc1NC(=O)c1ccc(=O)n(Cc2ccccc2)c1. The van der Waals surface area contributed by atoms with Crippen molar-refractivity contribution in [3.63, 3.8) is 0 Å². The molecule has 0 unspecified atom stereocenters. The van der Waals surface area contributed by atoms with E-state index in [1.165, 1.54) is 6.07 Å². The lowest BCUT2D eigenvalue weighted by molar-refractivity contribution is 0.102. The van der Waals surface area contributed by atoms with Crippen LogP contribution < -0.4 is 10.9 Å². The monoisotopic (exact) mass is 350 g/mol. The van der Waals surface area contributed by atoms with Crippen molar-refractivity contribution in [2.75, 3.05) is 11.6 Å². The van der Waals surface area contributed by atoms with Crippen LogP contribution in [0.2, 0.25) is 0 Å². The molecule has 0 saturated carbocycles. The van der Waals surface area contributed by atoms with E-state index < -0.39 is 0 Å². The number of anilines is 1. The number of rotatable bonds is 5. The minimum absolute atomic E-state index is 0.134. The molecule has 1 heterocycles. The molecule has 1 aromatic heterocycles. The van der Waals surface area contributed by atoms with Crippen LogP contribution in [0.3, 0.4) is 0 Å². The van der Waals surface area contributed by atoms with Gasteiger partial charge in [0, 0.05) is 17.2 Å². The van der Waals surface area contributed by atoms with Crippen LogP contribution >= 0.6 is 11.8 Å². The Labute approximate surface area is 150 Å². The molecular weight excluding hydrogens is 332 g/mol. The van der Waals surface area contributed by atoms with E-state index >= 15 is 0 Å². The molecule has 0 fully saturated rings. The van der Waals surface area contributed by atoms with Gasteiger partial charge in [-0.3, -0.25) is 9.59 Å². The van der Waals surface area contributed by atoms with Crippen LogP contribution in [0.25, 0.3) is 0 Å². The summed E-state index contributed by atoms with van der Waals surface area (Å²) in [5.74, 6) is -0.233. The Hall–Kier alpha value is -2.79. The smallest absolute Gasteiger partial charge is 0.257 e. The highest BCUT2D eigenvalue weighted by molar-refractivity contribution is 7.98. The molecule has 3 rings (SSSR count). The molecule has 0 spiro atoms. The standard InChI is InChI=1S/C20H18N2O2S/c1-25-18-10-6-5-9-17(18)21-20(24)16-11-12-19(23)22(14-16)13-15-7-3-2-4-8-15/h2-12,14H,13H2,1H3,(H,21,24). The summed E-state index contributed by atoms with van der Waals surface area (Å²) in [5.41, 5.74) is 2.09. The molecule has 0 aliphatic rings. The van der Waals surface area contributed by atoms with E-state index in [0.29, 0.717) is 12.1 Å². The number of benzene rings is 2. The third-order valence-corrected chi connectivity index (χ3v) is 4.59. The van der Waals surface area contributed by atoms with Gasteiger partial charge in [-0.05, 0) is 30.0 Å². The fraction of sp³-hybridized carbons (Fsp3) is 0.100. The molecule has 5 heteroatoms. The zero-order valence-electron chi connectivity index (χ0n) is 13.8. The van der Waals surface area contributed by atoms with E-state index in [9.17, 15) is 9.59 Å². The number of amides is 1. The Balaban J connectivity index is 1.84. The fourth-order valence-corrected chi connectivity index (χ4v) is 3.07. The van der Waals surface area contributed by atoms with E-state index in [1.807, 2.05) is 60.9 Å². The highest BCUT2D eigenvalue weighted by atomic mass is 32.2. The van der Waals surface area contributed by atoms with Gasteiger partial charge >= 0.3 is 0 Å². The van der Waals surface area contributed by atoms with E-state index in [-0.39, 0.29) is 11.5 Å². The summed E-state index contributed by atoms with van der Waals surface area (Å²) in [7, 11) is 0. The molecule has 0 aliphatic carbocycles. The van der Waals surface area contributed by atoms with Gasteiger partial charge in [0.15, 0.2) is 0 Å². The van der Waals surface area contributed by atoms with Crippen molar-refractivity contribution in [2.24, 2.45) is 0 Å². The number of nitrogens with zero attached hydrogens (tertiary/aromatic N) is 1. The first-order valence-corrected chi connectivity index (χ1v) is 9.08. The summed E-state index contributed by atoms with van der Waals surface area (Å²) in [5, 5.41) is 2.91. The van der Waals surface area contributed by atoms with E-state index in [4.69, 9.17) is 0 Å². The molecule has 126 valence electrons. The lowest BCUT2D eigenvalue weighted by Gasteiger charge is -2.11. The van der Waals surface area contributed by atoms with Crippen LogP contribution in [0, 0.1) is 0 Å². The highest BCUT2D eigenvalue weighted by Gasteiger charge is 2.10. The number of aromatic nitrogens is 1. The minimum Gasteiger partial charge on any atom is -0.321 e. The first kappa shape index (κ1) is 17.0. The molecule has 0 bridgehead atoms. The number of hydrogen-bond donors (Lipinski definition) is 1. The van der Waals surface area contributed by atoms with Crippen molar-refractivity contribution < 1.29 is 4.79 Å². The zero-order chi connectivity index (χ0) is 17.6. The van der Waals surface area contributed by atoms with Crippen molar-refractivity contribution >= 4 is 23.4 Å². The number of carbonyl (C=O) groups is 1. The molecule has 0 aliphatic heterocycles.